The Morgan fingerprint density at radius 1 is 1.50 bits per heavy atom. The minimum Gasteiger partial charge on any atom is -0.489 e. The van der Waals surface area contributed by atoms with E-state index in [0.29, 0.717) is 0 Å². The molecule has 1 rings (SSSR count). The highest BCUT2D eigenvalue weighted by molar-refractivity contribution is 6.59. The van der Waals surface area contributed by atoms with Gasteiger partial charge in [-0.15, -0.1) is 0 Å². The summed E-state index contributed by atoms with van der Waals surface area (Å²) in [5, 5.41) is 17.6. The van der Waals surface area contributed by atoms with Crippen molar-refractivity contribution in [1.29, 1.82) is 0 Å². The Kier molecular flexibility index (Phi) is 3.74. The van der Waals surface area contributed by atoms with Crippen LogP contribution in [0.2, 0.25) is 5.02 Å². The number of hydrogen-bond acceptors (Lipinski definition) is 3. The van der Waals surface area contributed by atoms with Crippen molar-refractivity contribution in [2.45, 2.75) is 6.92 Å². The molecule has 0 heterocycles. The molecule has 0 bridgehead atoms. The van der Waals surface area contributed by atoms with Crippen LogP contribution in [0, 0.1) is 5.82 Å². The first-order chi connectivity index (χ1) is 6.56. The Morgan fingerprint density at radius 2 is 2.14 bits per heavy atom. The van der Waals surface area contributed by atoms with E-state index in [1.165, 1.54) is 6.07 Å². The molecule has 2 N–H and O–H groups in total. The molecule has 76 valence electrons. The first-order valence-corrected chi connectivity index (χ1v) is 4.42. The van der Waals surface area contributed by atoms with Crippen molar-refractivity contribution in [3.05, 3.63) is 23.0 Å². The Bertz CT molecular complexity index is 309. The van der Waals surface area contributed by atoms with Crippen LogP contribution in [0.1, 0.15) is 6.92 Å². The summed E-state index contributed by atoms with van der Waals surface area (Å²) in [7, 11) is -1.74. The van der Waals surface area contributed by atoms with E-state index >= 15 is 0 Å². The Balaban J connectivity index is 3.11. The van der Waals surface area contributed by atoms with Crippen molar-refractivity contribution in [3.63, 3.8) is 0 Å². The van der Waals surface area contributed by atoms with Crippen molar-refractivity contribution in [3.8, 4) is 5.75 Å². The van der Waals surface area contributed by atoms with Gasteiger partial charge in [-0.2, -0.15) is 0 Å². The van der Waals surface area contributed by atoms with Crippen LogP contribution in [0.15, 0.2) is 12.1 Å². The molecule has 0 amide bonds. The maximum atomic E-state index is 13.2. The first-order valence-electron chi connectivity index (χ1n) is 4.04. The predicted molar refractivity (Wildman–Crippen MR) is 52.4 cm³/mol. The molecule has 1 aromatic carbocycles. The Hall–Kier alpha value is -0.775. The third kappa shape index (κ3) is 2.38. The van der Waals surface area contributed by atoms with Gasteiger partial charge in [0.25, 0.3) is 0 Å². The molecule has 0 unspecified atom stereocenters. The molecule has 0 saturated heterocycles. The van der Waals surface area contributed by atoms with Gasteiger partial charge in [-0.25, -0.2) is 4.39 Å². The van der Waals surface area contributed by atoms with Gasteiger partial charge in [0.1, 0.15) is 0 Å². The summed E-state index contributed by atoms with van der Waals surface area (Å²) >= 11 is 5.67. The van der Waals surface area contributed by atoms with Crippen LogP contribution < -0.4 is 10.2 Å². The number of benzene rings is 1. The Labute approximate surface area is 86.2 Å². The van der Waals surface area contributed by atoms with E-state index in [4.69, 9.17) is 26.4 Å². The van der Waals surface area contributed by atoms with Crippen molar-refractivity contribution >= 4 is 24.2 Å². The molecule has 0 aliphatic rings. The lowest BCUT2D eigenvalue weighted by molar-refractivity contribution is 0.322. The summed E-state index contributed by atoms with van der Waals surface area (Å²) in [4.78, 5) is 0. The lowest BCUT2D eigenvalue weighted by atomic mass is 9.80. The van der Waals surface area contributed by atoms with Crippen molar-refractivity contribution in [2.75, 3.05) is 6.61 Å². The minimum absolute atomic E-state index is 0.00375. The largest absolute Gasteiger partial charge is 0.489 e. The molecule has 0 spiro atoms. The van der Waals surface area contributed by atoms with Gasteiger partial charge in [0, 0.05) is 0 Å². The molecule has 0 aromatic heterocycles. The summed E-state index contributed by atoms with van der Waals surface area (Å²) in [6.07, 6.45) is 0. The van der Waals surface area contributed by atoms with E-state index in [0.717, 1.165) is 6.07 Å². The lowest BCUT2D eigenvalue weighted by Crippen LogP contribution is -2.30. The number of halogens is 2. The van der Waals surface area contributed by atoms with Gasteiger partial charge in [0.2, 0.25) is 0 Å². The van der Waals surface area contributed by atoms with E-state index < -0.39 is 12.9 Å². The van der Waals surface area contributed by atoms with Crippen molar-refractivity contribution < 1.29 is 19.2 Å². The summed E-state index contributed by atoms with van der Waals surface area (Å²) in [6.45, 7) is 1.99. The van der Waals surface area contributed by atoms with Crippen molar-refractivity contribution in [2.24, 2.45) is 0 Å². The fraction of sp³-hybridized carbons (Fsp3) is 0.250. The molecule has 14 heavy (non-hydrogen) atoms. The fourth-order valence-corrected chi connectivity index (χ4v) is 1.28. The van der Waals surface area contributed by atoms with Crippen LogP contribution in [0.5, 0.6) is 5.75 Å². The summed E-state index contributed by atoms with van der Waals surface area (Å²) < 4.78 is 18.2. The van der Waals surface area contributed by atoms with Crippen LogP contribution in [-0.4, -0.2) is 23.8 Å². The van der Waals surface area contributed by atoms with E-state index in [1.807, 2.05) is 0 Å². The van der Waals surface area contributed by atoms with Gasteiger partial charge in [0.15, 0.2) is 11.6 Å². The molecule has 0 atom stereocenters. The summed E-state index contributed by atoms with van der Waals surface area (Å²) in [6, 6.07) is 2.22. The number of ether oxygens (including phenoxy) is 1. The second kappa shape index (κ2) is 4.64. The molecular formula is C8H9BClFO3. The summed E-state index contributed by atoms with van der Waals surface area (Å²) in [5.74, 6) is -0.777. The van der Waals surface area contributed by atoms with Crippen LogP contribution in [-0.2, 0) is 0 Å². The van der Waals surface area contributed by atoms with E-state index in [1.54, 1.807) is 6.92 Å². The third-order valence-corrected chi connectivity index (χ3v) is 1.89. The van der Waals surface area contributed by atoms with E-state index in [2.05, 4.69) is 0 Å². The van der Waals surface area contributed by atoms with Gasteiger partial charge >= 0.3 is 7.12 Å². The minimum atomic E-state index is -1.74. The maximum Gasteiger partial charge on any atom is 0.488 e. The standard InChI is InChI=1S/C8H9BClFO3/c1-2-14-8-6(10)3-5(9(12)13)4-7(8)11/h3-4,12-13H,2H2,1H3. The van der Waals surface area contributed by atoms with Crippen LogP contribution >= 0.6 is 11.6 Å². The summed E-state index contributed by atoms with van der Waals surface area (Å²) in [5.41, 5.74) is -0.00375. The molecule has 6 heteroatoms. The zero-order chi connectivity index (χ0) is 10.7. The van der Waals surface area contributed by atoms with Crippen LogP contribution in [0.25, 0.3) is 0 Å². The van der Waals surface area contributed by atoms with Gasteiger partial charge in [-0.1, -0.05) is 11.6 Å². The highest BCUT2D eigenvalue weighted by Crippen LogP contribution is 2.26. The molecule has 0 aliphatic heterocycles. The molecule has 0 radical (unpaired) electrons. The highest BCUT2D eigenvalue weighted by atomic mass is 35.5. The average molecular weight is 218 g/mol. The predicted octanol–water partition coefficient (Wildman–Crippen LogP) is 0.558. The van der Waals surface area contributed by atoms with Gasteiger partial charge in [-0.05, 0) is 24.5 Å². The van der Waals surface area contributed by atoms with Crippen LogP contribution in [0.4, 0.5) is 4.39 Å². The molecular weight excluding hydrogens is 209 g/mol. The van der Waals surface area contributed by atoms with Crippen LogP contribution in [0.3, 0.4) is 0 Å². The average Bonchev–Trinajstić information content (AvgIpc) is 2.10. The first kappa shape index (κ1) is 11.3. The normalized spacial score (nSPS) is 10.1. The smallest absolute Gasteiger partial charge is 0.488 e. The third-order valence-electron chi connectivity index (χ3n) is 1.61. The number of rotatable bonds is 3. The number of hydrogen-bond donors (Lipinski definition) is 2. The Morgan fingerprint density at radius 3 is 2.57 bits per heavy atom. The topological polar surface area (TPSA) is 49.7 Å². The second-order valence-electron chi connectivity index (χ2n) is 2.62. The zero-order valence-corrected chi connectivity index (χ0v) is 8.25. The molecule has 0 aliphatic carbocycles. The molecule has 0 saturated carbocycles. The molecule has 1 aromatic rings. The monoisotopic (exact) mass is 218 g/mol. The second-order valence-corrected chi connectivity index (χ2v) is 3.03. The lowest BCUT2D eigenvalue weighted by Gasteiger charge is -2.08. The molecule has 0 fully saturated rings. The fourth-order valence-electron chi connectivity index (χ4n) is 1.01. The quantitative estimate of drug-likeness (QED) is 0.729. The van der Waals surface area contributed by atoms with Gasteiger partial charge in [-0.3, -0.25) is 0 Å². The van der Waals surface area contributed by atoms with Crippen molar-refractivity contribution in [1.82, 2.24) is 0 Å². The highest BCUT2D eigenvalue weighted by Gasteiger charge is 2.17. The van der Waals surface area contributed by atoms with Gasteiger partial charge < -0.3 is 14.8 Å². The molecule has 3 nitrogen and oxygen atoms in total. The SMILES string of the molecule is CCOc1c(F)cc(B(O)O)cc1Cl. The van der Waals surface area contributed by atoms with Gasteiger partial charge in [0.05, 0.1) is 11.6 Å². The zero-order valence-electron chi connectivity index (χ0n) is 7.50. The maximum absolute atomic E-state index is 13.2. The van der Waals surface area contributed by atoms with E-state index in [-0.39, 0.29) is 22.8 Å². The van der Waals surface area contributed by atoms with E-state index in [9.17, 15) is 4.39 Å².